The summed E-state index contributed by atoms with van der Waals surface area (Å²) >= 11 is 2.02. The summed E-state index contributed by atoms with van der Waals surface area (Å²) in [4.78, 5) is 2.31. The molecule has 0 aliphatic carbocycles. The van der Waals surface area contributed by atoms with Crippen molar-refractivity contribution in [2.24, 2.45) is 5.92 Å². The van der Waals surface area contributed by atoms with Crippen molar-refractivity contribution < 1.29 is 18.3 Å². The number of nitrogens with zero attached hydrogens (tertiary/aromatic N) is 1. The third-order valence-electron chi connectivity index (χ3n) is 5.50. The van der Waals surface area contributed by atoms with E-state index in [9.17, 15) is 8.78 Å². The van der Waals surface area contributed by atoms with E-state index >= 15 is 0 Å². The van der Waals surface area contributed by atoms with E-state index in [4.69, 9.17) is 9.47 Å². The highest BCUT2D eigenvalue weighted by molar-refractivity contribution is 8.01. The largest absolute Gasteiger partial charge is 0.381 e. The fourth-order valence-corrected chi connectivity index (χ4v) is 5.70. The molecule has 25 heavy (non-hydrogen) atoms. The summed E-state index contributed by atoms with van der Waals surface area (Å²) in [7, 11) is 0. The SMILES string of the molecule is Fc1ccc(CN2CC3(C[C@@H](OCC4CCOCC4)CS3)C2)cc1F. The lowest BCUT2D eigenvalue weighted by Gasteiger charge is -2.47. The average Bonchev–Trinajstić information content (AvgIpc) is 3.01. The lowest BCUT2D eigenvalue weighted by molar-refractivity contribution is -0.0133. The average molecular weight is 369 g/mol. The molecule has 3 fully saturated rings. The standard InChI is InChI=1S/C19H25F2NO2S/c20-17-2-1-15(7-18(17)21)9-22-12-19(13-22)8-16(11-25-19)24-10-14-3-5-23-6-4-14/h1-2,7,14,16H,3-6,8-13H2/t16-/m1/s1. The minimum atomic E-state index is -0.778. The Morgan fingerprint density at radius 1 is 1.20 bits per heavy atom. The van der Waals surface area contributed by atoms with Crippen molar-refractivity contribution in [2.45, 2.75) is 36.7 Å². The van der Waals surface area contributed by atoms with Gasteiger partial charge in [0, 0.05) is 50.0 Å². The van der Waals surface area contributed by atoms with Crippen molar-refractivity contribution in [2.75, 3.05) is 38.7 Å². The Balaban J connectivity index is 1.21. The van der Waals surface area contributed by atoms with Crippen molar-refractivity contribution in [3.8, 4) is 0 Å². The fourth-order valence-electron chi connectivity index (χ4n) is 4.09. The highest BCUT2D eigenvalue weighted by Gasteiger charge is 2.49. The van der Waals surface area contributed by atoms with Crippen LogP contribution in [0.25, 0.3) is 0 Å². The van der Waals surface area contributed by atoms with E-state index in [2.05, 4.69) is 4.90 Å². The molecule has 1 aromatic carbocycles. The lowest BCUT2D eigenvalue weighted by atomic mass is 9.92. The number of rotatable bonds is 5. The van der Waals surface area contributed by atoms with E-state index < -0.39 is 11.6 Å². The Labute approximate surface area is 152 Å². The van der Waals surface area contributed by atoms with Crippen LogP contribution in [-0.4, -0.2) is 54.4 Å². The van der Waals surface area contributed by atoms with E-state index in [0.29, 0.717) is 23.3 Å². The highest BCUT2D eigenvalue weighted by atomic mass is 32.2. The summed E-state index contributed by atoms with van der Waals surface area (Å²) in [5.74, 6) is 0.188. The molecule has 138 valence electrons. The van der Waals surface area contributed by atoms with Crippen molar-refractivity contribution in [1.82, 2.24) is 4.90 Å². The van der Waals surface area contributed by atoms with Crippen molar-refractivity contribution in [1.29, 1.82) is 0 Å². The van der Waals surface area contributed by atoms with Crippen LogP contribution >= 0.6 is 11.8 Å². The van der Waals surface area contributed by atoms with Gasteiger partial charge in [-0.2, -0.15) is 0 Å². The Morgan fingerprint density at radius 2 is 2.00 bits per heavy atom. The molecular formula is C19H25F2NO2S. The molecule has 0 radical (unpaired) electrons. The molecule has 1 spiro atoms. The van der Waals surface area contributed by atoms with Gasteiger partial charge < -0.3 is 9.47 Å². The molecule has 0 unspecified atom stereocenters. The van der Waals surface area contributed by atoms with Crippen molar-refractivity contribution >= 4 is 11.8 Å². The topological polar surface area (TPSA) is 21.7 Å². The quantitative estimate of drug-likeness (QED) is 0.792. The zero-order valence-electron chi connectivity index (χ0n) is 14.4. The molecule has 3 nitrogen and oxygen atoms in total. The maximum atomic E-state index is 13.3. The van der Waals surface area contributed by atoms with Gasteiger partial charge in [0.25, 0.3) is 0 Å². The minimum Gasteiger partial charge on any atom is -0.381 e. The maximum absolute atomic E-state index is 13.3. The Kier molecular flexibility index (Phi) is 5.32. The second-order valence-corrected chi connectivity index (χ2v) is 9.09. The van der Waals surface area contributed by atoms with Crippen LogP contribution in [0.1, 0.15) is 24.8 Å². The van der Waals surface area contributed by atoms with Gasteiger partial charge in [-0.1, -0.05) is 6.07 Å². The molecule has 6 heteroatoms. The molecule has 3 heterocycles. The van der Waals surface area contributed by atoms with Crippen LogP contribution in [0.4, 0.5) is 8.78 Å². The first-order chi connectivity index (χ1) is 12.1. The number of thioether (sulfide) groups is 1. The van der Waals surface area contributed by atoms with Crippen LogP contribution in [0.3, 0.4) is 0 Å². The number of ether oxygens (including phenoxy) is 2. The molecule has 3 aliphatic rings. The number of likely N-dealkylation sites (tertiary alicyclic amines) is 1. The first-order valence-electron chi connectivity index (χ1n) is 9.11. The molecule has 3 aliphatic heterocycles. The Morgan fingerprint density at radius 3 is 2.76 bits per heavy atom. The Bertz CT molecular complexity index is 603. The summed E-state index contributed by atoms with van der Waals surface area (Å²) in [6, 6.07) is 4.19. The minimum absolute atomic E-state index is 0.304. The van der Waals surface area contributed by atoms with E-state index in [-0.39, 0.29) is 0 Å². The van der Waals surface area contributed by atoms with Crippen LogP contribution in [0, 0.1) is 17.6 Å². The summed E-state index contributed by atoms with van der Waals surface area (Å²) < 4.78 is 38.2. The first kappa shape index (κ1) is 17.7. The van der Waals surface area contributed by atoms with E-state index in [0.717, 1.165) is 63.5 Å². The number of benzene rings is 1. The van der Waals surface area contributed by atoms with Gasteiger partial charge >= 0.3 is 0 Å². The van der Waals surface area contributed by atoms with Gasteiger partial charge in [-0.3, -0.25) is 4.90 Å². The summed E-state index contributed by atoms with van der Waals surface area (Å²) in [5.41, 5.74) is 0.837. The predicted molar refractivity (Wildman–Crippen MR) is 94.7 cm³/mol. The maximum Gasteiger partial charge on any atom is 0.159 e. The van der Waals surface area contributed by atoms with Gasteiger partial charge in [0.05, 0.1) is 6.10 Å². The molecule has 3 saturated heterocycles. The van der Waals surface area contributed by atoms with Gasteiger partial charge in [0.1, 0.15) is 0 Å². The molecule has 0 aromatic heterocycles. The van der Waals surface area contributed by atoms with Crippen LogP contribution in [-0.2, 0) is 16.0 Å². The van der Waals surface area contributed by atoms with Crippen molar-refractivity contribution in [3.63, 3.8) is 0 Å². The number of halogens is 2. The molecule has 1 atom stereocenters. The summed E-state index contributed by atoms with van der Waals surface area (Å²) in [5, 5.41) is 0. The first-order valence-corrected chi connectivity index (χ1v) is 10.1. The van der Waals surface area contributed by atoms with Gasteiger partial charge in [0.2, 0.25) is 0 Å². The number of hydrogen-bond acceptors (Lipinski definition) is 4. The third kappa shape index (κ3) is 4.18. The predicted octanol–water partition coefficient (Wildman–Crippen LogP) is 3.47. The molecule has 0 N–H and O–H groups in total. The number of hydrogen-bond donors (Lipinski definition) is 0. The van der Waals surface area contributed by atoms with Crippen LogP contribution in [0.2, 0.25) is 0 Å². The zero-order valence-corrected chi connectivity index (χ0v) is 15.2. The monoisotopic (exact) mass is 369 g/mol. The summed E-state index contributed by atoms with van der Waals surface area (Å²) in [6.45, 7) is 5.31. The third-order valence-corrected chi connectivity index (χ3v) is 7.07. The van der Waals surface area contributed by atoms with Crippen LogP contribution in [0.15, 0.2) is 18.2 Å². The molecule has 1 aromatic rings. The van der Waals surface area contributed by atoms with E-state index in [1.165, 1.54) is 12.1 Å². The van der Waals surface area contributed by atoms with Gasteiger partial charge in [-0.15, -0.1) is 11.8 Å². The molecular weight excluding hydrogens is 344 g/mol. The second-order valence-electron chi connectivity index (χ2n) is 7.60. The van der Waals surface area contributed by atoms with Gasteiger partial charge in [0.15, 0.2) is 11.6 Å². The van der Waals surface area contributed by atoms with Gasteiger partial charge in [-0.05, 0) is 42.9 Å². The van der Waals surface area contributed by atoms with Crippen molar-refractivity contribution in [3.05, 3.63) is 35.4 Å². The van der Waals surface area contributed by atoms with Crippen LogP contribution in [0.5, 0.6) is 0 Å². The second kappa shape index (κ2) is 7.51. The van der Waals surface area contributed by atoms with E-state index in [1.54, 1.807) is 6.07 Å². The van der Waals surface area contributed by atoms with Crippen LogP contribution < -0.4 is 0 Å². The fraction of sp³-hybridized carbons (Fsp3) is 0.684. The lowest BCUT2D eigenvalue weighted by Crippen LogP contribution is -2.58. The zero-order chi connectivity index (χ0) is 17.3. The van der Waals surface area contributed by atoms with Gasteiger partial charge in [-0.25, -0.2) is 8.78 Å². The smallest absolute Gasteiger partial charge is 0.159 e. The normalized spacial score (nSPS) is 26.9. The summed E-state index contributed by atoms with van der Waals surface area (Å²) in [6.07, 6.45) is 3.70. The molecule has 0 bridgehead atoms. The molecule has 0 amide bonds. The Hall–Kier alpha value is -0.690. The highest BCUT2D eigenvalue weighted by Crippen LogP contribution is 2.46. The molecule has 4 rings (SSSR count). The van der Waals surface area contributed by atoms with E-state index in [1.807, 2.05) is 11.8 Å². The molecule has 0 saturated carbocycles.